The van der Waals surface area contributed by atoms with Gasteiger partial charge in [0.05, 0.1) is 11.7 Å². The fourth-order valence-corrected chi connectivity index (χ4v) is 3.71. The molecule has 154 valence electrons. The highest BCUT2D eigenvalue weighted by molar-refractivity contribution is 6.00. The maximum Gasteiger partial charge on any atom is 0.328 e. The topological polar surface area (TPSA) is 86.2 Å². The van der Waals surface area contributed by atoms with Crippen LogP contribution in [0.5, 0.6) is 0 Å². The van der Waals surface area contributed by atoms with Gasteiger partial charge in [0.15, 0.2) is 0 Å². The first-order valence-corrected chi connectivity index (χ1v) is 10.00. The van der Waals surface area contributed by atoms with Crippen LogP contribution in [-0.4, -0.2) is 33.0 Å². The van der Waals surface area contributed by atoms with Crippen molar-refractivity contribution >= 4 is 34.1 Å². The van der Waals surface area contributed by atoms with E-state index in [1.165, 1.54) is 0 Å². The summed E-state index contributed by atoms with van der Waals surface area (Å²) in [6, 6.07) is 23.9. The molecule has 3 aromatic carbocycles. The van der Waals surface area contributed by atoms with Crippen LogP contribution in [0, 0.1) is 0 Å². The van der Waals surface area contributed by atoms with Gasteiger partial charge in [-0.3, -0.25) is 5.10 Å². The van der Waals surface area contributed by atoms with Crippen molar-refractivity contribution in [1.29, 1.82) is 0 Å². The summed E-state index contributed by atoms with van der Waals surface area (Å²) < 4.78 is 0. The number of carboxylic acids is 1. The maximum atomic E-state index is 10.8. The number of hydrogen-bond acceptors (Lipinski definition) is 3. The molecule has 0 unspecified atom stereocenters. The summed E-state index contributed by atoms with van der Waals surface area (Å²) in [5, 5.41) is 26.8. The number of aliphatic hydroxyl groups excluding tert-OH is 1. The Hall–Kier alpha value is -3.96. The van der Waals surface area contributed by atoms with Crippen molar-refractivity contribution in [3.05, 3.63) is 107 Å². The van der Waals surface area contributed by atoms with Gasteiger partial charge in [-0.2, -0.15) is 5.10 Å². The zero-order valence-electron chi connectivity index (χ0n) is 16.8. The van der Waals surface area contributed by atoms with E-state index < -0.39 is 5.97 Å². The molecule has 1 aromatic heterocycles. The third-order valence-electron chi connectivity index (χ3n) is 5.13. The maximum absolute atomic E-state index is 10.8. The Morgan fingerprint density at radius 3 is 2.39 bits per heavy atom. The van der Waals surface area contributed by atoms with Gasteiger partial charge < -0.3 is 10.2 Å². The third kappa shape index (κ3) is 4.63. The number of aromatic nitrogens is 2. The van der Waals surface area contributed by atoms with Crippen LogP contribution in [0.3, 0.4) is 0 Å². The Kier molecular flexibility index (Phi) is 6.05. The highest BCUT2D eigenvalue weighted by Crippen LogP contribution is 2.35. The van der Waals surface area contributed by atoms with Crippen molar-refractivity contribution in [2.75, 3.05) is 6.61 Å². The van der Waals surface area contributed by atoms with Crippen LogP contribution >= 0.6 is 0 Å². The lowest BCUT2D eigenvalue weighted by atomic mass is 9.87. The average Bonchev–Trinajstić information content (AvgIpc) is 3.27. The molecule has 0 saturated heterocycles. The lowest BCUT2D eigenvalue weighted by molar-refractivity contribution is -0.131. The van der Waals surface area contributed by atoms with E-state index in [-0.39, 0.29) is 6.61 Å². The summed E-state index contributed by atoms with van der Waals surface area (Å²) in [6.07, 6.45) is 4.99. The Morgan fingerprint density at radius 1 is 0.935 bits per heavy atom. The van der Waals surface area contributed by atoms with Gasteiger partial charge in [0.1, 0.15) is 0 Å². The summed E-state index contributed by atoms with van der Waals surface area (Å²) in [4.78, 5) is 10.8. The second-order valence-electron chi connectivity index (χ2n) is 7.16. The fourth-order valence-electron chi connectivity index (χ4n) is 3.71. The van der Waals surface area contributed by atoms with Crippen molar-refractivity contribution < 1.29 is 15.0 Å². The van der Waals surface area contributed by atoms with Gasteiger partial charge in [-0.05, 0) is 58.0 Å². The molecule has 0 spiro atoms. The number of rotatable bonds is 7. The quantitative estimate of drug-likeness (QED) is 0.296. The van der Waals surface area contributed by atoms with E-state index in [0.717, 1.165) is 50.4 Å². The molecule has 0 aliphatic heterocycles. The molecule has 3 N–H and O–H groups in total. The molecule has 0 bridgehead atoms. The lowest BCUT2D eigenvalue weighted by Crippen LogP contribution is -1.98. The Bertz CT molecular complexity index is 1250. The Balaban J connectivity index is 1.91. The second-order valence-corrected chi connectivity index (χ2v) is 7.16. The molecule has 1 heterocycles. The van der Waals surface area contributed by atoms with Gasteiger partial charge in [-0.1, -0.05) is 60.7 Å². The molecule has 0 atom stereocenters. The zero-order valence-corrected chi connectivity index (χ0v) is 16.8. The molecule has 0 fully saturated rings. The molecule has 0 amide bonds. The van der Waals surface area contributed by atoms with Crippen molar-refractivity contribution in [2.24, 2.45) is 0 Å². The summed E-state index contributed by atoms with van der Waals surface area (Å²) in [6.45, 7) is 0.0289. The van der Waals surface area contributed by atoms with Crippen LogP contribution in [0.25, 0.3) is 28.1 Å². The number of hydrogen-bond donors (Lipinski definition) is 3. The number of fused-ring (bicyclic) bond motifs is 1. The molecular formula is C26H22N2O3. The van der Waals surface area contributed by atoms with Crippen molar-refractivity contribution in [1.82, 2.24) is 10.2 Å². The van der Waals surface area contributed by atoms with Gasteiger partial charge in [-0.25, -0.2) is 4.79 Å². The van der Waals surface area contributed by atoms with Crippen molar-refractivity contribution in [3.8, 4) is 0 Å². The molecule has 0 aliphatic rings. The summed E-state index contributed by atoms with van der Waals surface area (Å²) in [5.74, 6) is -0.979. The first kappa shape index (κ1) is 20.3. The SMILES string of the molecule is O=C(O)C=Cc1ccc(C(=C(CCO)c2ccccc2)c2ccc3[nH]ncc3c2)cc1. The molecule has 0 radical (unpaired) electrons. The summed E-state index contributed by atoms with van der Waals surface area (Å²) in [5.41, 5.74) is 6.89. The first-order chi connectivity index (χ1) is 15.2. The lowest BCUT2D eigenvalue weighted by Gasteiger charge is -2.17. The summed E-state index contributed by atoms with van der Waals surface area (Å²) in [7, 11) is 0. The molecule has 0 saturated carbocycles. The highest BCUT2D eigenvalue weighted by Gasteiger charge is 2.15. The number of aromatic amines is 1. The van der Waals surface area contributed by atoms with E-state index in [0.29, 0.717) is 6.42 Å². The van der Waals surface area contributed by atoms with E-state index in [9.17, 15) is 9.90 Å². The number of carbonyl (C=O) groups is 1. The van der Waals surface area contributed by atoms with Gasteiger partial charge >= 0.3 is 5.97 Å². The van der Waals surface area contributed by atoms with Crippen LogP contribution in [0.2, 0.25) is 0 Å². The molecule has 5 heteroatoms. The molecule has 4 rings (SSSR count). The minimum atomic E-state index is -0.979. The summed E-state index contributed by atoms with van der Waals surface area (Å²) >= 11 is 0. The van der Waals surface area contributed by atoms with Crippen molar-refractivity contribution in [3.63, 3.8) is 0 Å². The number of aliphatic hydroxyl groups is 1. The molecule has 0 aliphatic carbocycles. The molecule has 31 heavy (non-hydrogen) atoms. The Labute approximate surface area is 180 Å². The van der Waals surface area contributed by atoms with E-state index in [2.05, 4.69) is 22.3 Å². The first-order valence-electron chi connectivity index (χ1n) is 10.00. The zero-order chi connectivity index (χ0) is 21.6. The third-order valence-corrected chi connectivity index (χ3v) is 5.13. The van der Waals surface area contributed by atoms with Gasteiger partial charge in [0.25, 0.3) is 0 Å². The smallest absolute Gasteiger partial charge is 0.328 e. The van der Waals surface area contributed by atoms with Crippen LogP contribution in [0.4, 0.5) is 0 Å². The van der Waals surface area contributed by atoms with E-state index in [4.69, 9.17) is 5.11 Å². The van der Waals surface area contributed by atoms with Crippen molar-refractivity contribution in [2.45, 2.75) is 6.42 Å². The minimum Gasteiger partial charge on any atom is -0.478 e. The monoisotopic (exact) mass is 410 g/mol. The largest absolute Gasteiger partial charge is 0.478 e. The van der Waals surface area contributed by atoms with Gasteiger partial charge in [0, 0.05) is 18.1 Å². The van der Waals surface area contributed by atoms with Crippen LogP contribution < -0.4 is 0 Å². The number of carboxylic acid groups (broad SMARTS) is 1. The molecular weight excluding hydrogens is 388 g/mol. The standard InChI is InChI=1S/C26H22N2O3/c29-15-14-23(19-4-2-1-3-5-19)26(21-11-12-24-22(16-21)17-27-28-24)20-9-6-18(7-10-20)8-13-25(30)31/h1-13,16-17,29H,14-15H2,(H,27,28)(H,30,31). The predicted molar refractivity (Wildman–Crippen MR) is 123 cm³/mol. The van der Waals surface area contributed by atoms with Crippen LogP contribution in [0.1, 0.15) is 28.7 Å². The minimum absolute atomic E-state index is 0.0289. The number of nitrogens with one attached hydrogen (secondary N) is 1. The fraction of sp³-hybridized carbons (Fsp3) is 0.0769. The number of benzene rings is 3. The Morgan fingerprint density at radius 2 is 1.68 bits per heavy atom. The van der Waals surface area contributed by atoms with Crippen LogP contribution in [-0.2, 0) is 4.79 Å². The number of H-pyrrole nitrogens is 1. The van der Waals surface area contributed by atoms with E-state index in [1.807, 2.05) is 60.7 Å². The second kappa shape index (κ2) is 9.24. The molecule has 4 aromatic rings. The van der Waals surface area contributed by atoms with E-state index in [1.54, 1.807) is 12.3 Å². The number of aliphatic carboxylic acids is 1. The van der Waals surface area contributed by atoms with Crippen LogP contribution in [0.15, 0.2) is 85.1 Å². The highest BCUT2D eigenvalue weighted by atomic mass is 16.4. The van der Waals surface area contributed by atoms with Gasteiger partial charge in [-0.15, -0.1) is 0 Å². The molecule has 5 nitrogen and oxygen atoms in total. The normalized spacial score (nSPS) is 12.3. The average molecular weight is 410 g/mol. The number of nitrogens with zero attached hydrogens (tertiary/aromatic N) is 1. The van der Waals surface area contributed by atoms with E-state index >= 15 is 0 Å². The predicted octanol–water partition coefficient (Wildman–Crippen LogP) is 5.00. The van der Waals surface area contributed by atoms with Gasteiger partial charge in [0.2, 0.25) is 0 Å².